The maximum Gasteiger partial charge on any atom is 0.134 e. The van der Waals surface area contributed by atoms with Crippen molar-refractivity contribution in [1.29, 1.82) is 0 Å². The zero-order chi connectivity index (χ0) is 11.5. The molecule has 1 fully saturated rings. The smallest absolute Gasteiger partial charge is 0.134 e. The quantitative estimate of drug-likeness (QED) is 0.624. The van der Waals surface area contributed by atoms with Gasteiger partial charge in [-0.3, -0.25) is 4.79 Å². The number of ketones is 1. The molecule has 1 unspecified atom stereocenters. The van der Waals surface area contributed by atoms with Crippen LogP contribution in [0.4, 0.5) is 0 Å². The molecule has 0 amide bonds. The summed E-state index contributed by atoms with van der Waals surface area (Å²) in [4.78, 5) is 10.7. The second-order valence-electron chi connectivity index (χ2n) is 5.46. The molecular formula is C14H22O. The number of hydrogen-bond donors (Lipinski definition) is 0. The van der Waals surface area contributed by atoms with Crippen molar-refractivity contribution in [3.63, 3.8) is 0 Å². The Balaban J connectivity index is 2.27. The number of allylic oxidation sites excluding steroid dienone is 1. The Morgan fingerprint density at radius 3 is 2.53 bits per heavy atom. The summed E-state index contributed by atoms with van der Waals surface area (Å²) in [5.74, 6) is 1.11. The summed E-state index contributed by atoms with van der Waals surface area (Å²) >= 11 is 0. The van der Waals surface area contributed by atoms with E-state index in [1.54, 1.807) is 6.92 Å². The Hall–Kier alpha value is -0.810. The van der Waals surface area contributed by atoms with Crippen LogP contribution >= 0.6 is 0 Å². The van der Waals surface area contributed by atoms with Gasteiger partial charge in [-0.15, -0.1) is 5.73 Å². The summed E-state index contributed by atoms with van der Waals surface area (Å²) in [6, 6.07) is 0. The van der Waals surface area contributed by atoms with Gasteiger partial charge in [0, 0.05) is 6.42 Å². The first-order valence-electron chi connectivity index (χ1n) is 5.82. The zero-order valence-electron chi connectivity index (χ0n) is 10.4. The number of carbonyl (C=O) groups is 1. The summed E-state index contributed by atoms with van der Waals surface area (Å²) in [5, 5.41) is 0. The van der Waals surface area contributed by atoms with Crippen molar-refractivity contribution < 1.29 is 4.79 Å². The van der Waals surface area contributed by atoms with Crippen LogP contribution in [-0.4, -0.2) is 5.78 Å². The van der Waals surface area contributed by atoms with Gasteiger partial charge in [-0.2, -0.15) is 0 Å². The second kappa shape index (κ2) is 4.81. The highest BCUT2D eigenvalue weighted by molar-refractivity contribution is 5.76. The van der Waals surface area contributed by atoms with E-state index >= 15 is 0 Å². The monoisotopic (exact) mass is 206 g/mol. The molecule has 1 nitrogen and oxygen atoms in total. The molecule has 1 aliphatic carbocycles. The third-order valence-corrected chi connectivity index (χ3v) is 3.32. The second-order valence-corrected chi connectivity index (χ2v) is 5.46. The molecule has 0 bridgehead atoms. The molecule has 0 spiro atoms. The first-order valence-corrected chi connectivity index (χ1v) is 5.82. The van der Waals surface area contributed by atoms with Gasteiger partial charge in [-0.05, 0) is 56.1 Å². The third-order valence-electron chi connectivity index (χ3n) is 3.32. The van der Waals surface area contributed by atoms with Gasteiger partial charge in [0.15, 0.2) is 0 Å². The lowest BCUT2D eigenvalue weighted by Crippen LogP contribution is -1.90. The molecule has 84 valence electrons. The van der Waals surface area contributed by atoms with E-state index in [9.17, 15) is 4.79 Å². The van der Waals surface area contributed by atoms with E-state index in [0.29, 0.717) is 11.8 Å². The van der Waals surface area contributed by atoms with Crippen molar-refractivity contribution in [3.05, 3.63) is 17.4 Å². The van der Waals surface area contributed by atoms with Crippen LogP contribution in [0, 0.1) is 11.3 Å². The molecular weight excluding hydrogens is 184 g/mol. The molecule has 0 radical (unpaired) electrons. The minimum absolute atomic E-state index is 0.207. The molecule has 0 aliphatic heterocycles. The molecule has 1 heteroatoms. The average molecular weight is 206 g/mol. The third kappa shape index (κ3) is 4.48. The van der Waals surface area contributed by atoms with Crippen molar-refractivity contribution in [3.8, 4) is 0 Å². The molecule has 0 saturated heterocycles. The van der Waals surface area contributed by atoms with Crippen LogP contribution in [0.3, 0.4) is 0 Å². The summed E-state index contributed by atoms with van der Waals surface area (Å²) in [6.07, 6.45) is 6.15. The van der Waals surface area contributed by atoms with Gasteiger partial charge >= 0.3 is 0 Å². The van der Waals surface area contributed by atoms with Gasteiger partial charge < -0.3 is 0 Å². The van der Waals surface area contributed by atoms with Crippen LogP contribution in [0.2, 0.25) is 0 Å². The van der Waals surface area contributed by atoms with Gasteiger partial charge in [0.05, 0.1) is 0 Å². The lowest BCUT2D eigenvalue weighted by molar-refractivity contribution is -0.116. The minimum Gasteiger partial charge on any atom is -0.300 e. The highest BCUT2D eigenvalue weighted by Crippen LogP contribution is 2.54. The fourth-order valence-corrected chi connectivity index (χ4v) is 1.90. The predicted octanol–water partition coefficient (Wildman–Crippen LogP) is 3.89. The minimum atomic E-state index is 0.207. The summed E-state index contributed by atoms with van der Waals surface area (Å²) in [7, 11) is 0. The van der Waals surface area contributed by atoms with E-state index in [2.05, 4.69) is 26.5 Å². The first kappa shape index (κ1) is 12.3. The number of hydrogen-bond acceptors (Lipinski definition) is 1. The highest BCUT2D eigenvalue weighted by atomic mass is 16.1. The van der Waals surface area contributed by atoms with Crippen LogP contribution < -0.4 is 0 Å². The lowest BCUT2D eigenvalue weighted by atomic mass is 10.0. The van der Waals surface area contributed by atoms with Crippen molar-refractivity contribution in [2.24, 2.45) is 11.3 Å². The van der Waals surface area contributed by atoms with E-state index in [1.165, 1.54) is 18.4 Å². The largest absolute Gasteiger partial charge is 0.300 e. The van der Waals surface area contributed by atoms with Gasteiger partial charge in [-0.25, -0.2) is 0 Å². The van der Waals surface area contributed by atoms with Crippen LogP contribution in [-0.2, 0) is 4.79 Å². The summed E-state index contributed by atoms with van der Waals surface area (Å²) in [6.45, 7) is 8.39. The molecule has 1 atom stereocenters. The van der Waals surface area contributed by atoms with Crippen LogP contribution in [0.1, 0.15) is 53.4 Å². The van der Waals surface area contributed by atoms with E-state index in [1.807, 2.05) is 6.08 Å². The van der Waals surface area contributed by atoms with Gasteiger partial charge in [-0.1, -0.05) is 13.8 Å². The van der Waals surface area contributed by atoms with E-state index in [4.69, 9.17) is 0 Å². The Labute approximate surface area is 93.3 Å². The van der Waals surface area contributed by atoms with Gasteiger partial charge in [0.25, 0.3) is 0 Å². The Bertz CT molecular complexity index is 303. The fraction of sp³-hybridized carbons (Fsp3) is 0.714. The van der Waals surface area contributed by atoms with Crippen molar-refractivity contribution in [2.45, 2.75) is 53.4 Å². The van der Waals surface area contributed by atoms with Crippen molar-refractivity contribution in [2.75, 3.05) is 0 Å². The molecule has 0 aromatic carbocycles. The SMILES string of the molecule is CC(=O)CC=C=C(C)CCC1CC1(C)C. The average Bonchev–Trinajstić information content (AvgIpc) is 2.70. The molecule has 15 heavy (non-hydrogen) atoms. The van der Waals surface area contributed by atoms with Gasteiger partial charge in [0.1, 0.15) is 5.78 Å². The molecule has 1 rings (SSSR count). The molecule has 0 aromatic heterocycles. The molecule has 0 heterocycles. The number of Topliss-reactive ketones (excluding diaryl/α,β-unsaturated/α-hetero) is 1. The Morgan fingerprint density at radius 1 is 1.47 bits per heavy atom. The standard InChI is InChI=1S/C14H22O/c1-11(6-5-7-12(2)15)8-9-13-10-14(13,3)4/h5,13H,7-10H2,1-4H3. The molecule has 1 aliphatic rings. The zero-order valence-corrected chi connectivity index (χ0v) is 10.4. The van der Waals surface area contributed by atoms with Gasteiger partial charge in [0.2, 0.25) is 0 Å². The lowest BCUT2D eigenvalue weighted by Gasteiger charge is -2.01. The molecule has 0 N–H and O–H groups in total. The maximum absolute atomic E-state index is 10.7. The summed E-state index contributed by atoms with van der Waals surface area (Å²) in [5.41, 5.74) is 5.06. The molecule has 0 aromatic rings. The van der Waals surface area contributed by atoms with Crippen molar-refractivity contribution >= 4 is 5.78 Å². The Kier molecular flexibility index (Phi) is 3.93. The number of rotatable bonds is 5. The van der Waals surface area contributed by atoms with E-state index < -0.39 is 0 Å². The molecule has 1 saturated carbocycles. The Morgan fingerprint density at radius 2 is 2.07 bits per heavy atom. The normalized spacial score (nSPS) is 21.7. The van der Waals surface area contributed by atoms with Crippen LogP contribution in [0.5, 0.6) is 0 Å². The van der Waals surface area contributed by atoms with E-state index in [0.717, 1.165) is 12.3 Å². The topological polar surface area (TPSA) is 17.1 Å². The highest BCUT2D eigenvalue weighted by Gasteiger charge is 2.44. The van der Waals surface area contributed by atoms with Crippen molar-refractivity contribution in [1.82, 2.24) is 0 Å². The number of carbonyl (C=O) groups excluding carboxylic acids is 1. The summed E-state index contributed by atoms with van der Waals surface area (Å²) < 4.78 is 0. The van der Waals surface area contributed by atoms with Crippen LogP contribution in [0.15, 0.2) is 17.4 Å². The first-order chi connectivity index (χ1) is 6.92. The fourth-order valence-electron chi connectivity index (χ4n) is 1.90. The maximum atomic E-state index is 10.7. The van der Waals surface area contributed by atoms with Crippen LogP contribution in [0.25, 0.3) is 0 Å². The predicted molar refractivity (Wildman–Crippen MR) is 63.7 cm³/mol. The van der Waals surface area contributed by atoms with E-state index in [-0.39, 0.29) is 5.78 Å².